The average molecular weight is 297 g/mol. The van der Waals surface area contributed by atoms with E-state index >= 15 is 0 Å². The lowest BCUT2D eigenvalue weighted by molar-refractivity contribution is -0.125. The molecule has 1 heterocycles. The van der Waals surface area contributed by atoms with Crippen LogP contribution in [-0.2, 0) is 4.79 Å². The van der Waals surface area contributed by atoms with E-state index in [1.54, 1.807) is 36.4 Å². The van der Waals surface area contributed by atoms with Crippen molar-refractivity contribution < 1.29 is 19.1 Å². The standard InChI is InChI=1S/C17H15NO4/c1-11(19)12-5-4-6-13(9-12)18-17(20)16-10-21-14-7-2-3-8-15(14)22-16/h2-9,16H,10H2,1H3,(H,18,20)/t16-/m1/s1. The smallest absolute Gasteiger partial charge is 0.269 e. The Hall–Kier alpha value is -2.82. The third kappa shape index (κ3) is 2.93. The molecule has 0 fully saturated rings. The highest BCUT2D eigenvalue weighted by atomic mass is 16.6. The number of hydrogen-bond acceptors (Lipinski definition) is 4. The fourth-order valence-electron chi connectivity index (χ4n) is 2.19. The number of amides is 1. The Morgan fingerprint density at radius 2 is 1.86 bits per heavy atom. The number of hydrogen-bond donors (Lipinski definition) is 1. The molecule has 2 aromatic carbocycles. The number of rotatable bonds is 3. The molecule has 0 saturated carbocycles. The van der Waals surface area contributed by atoms with Crippen LogP contribution in [0.15, 0.2) is 48.5 Å². The maximum absolute atomic E-state index is 12.3. The fourth-order valence-corrected chi connectivity index (χ4v) is 2.19. The Balaban J connectivity index is 1.71. The minimum atomic E-state index is -0.726. The molecule has 0 radical (unpaired) electrons. The summed E-state index contributed by atoms with van der Waals surface area (Å²) < 4.78 is 11.2. The first-order valence-corrected chi connectivity index (χ1v) is 6.94. The van der Waals surface area contributed by atoms with Crippen LogP contribution in [0, 0.1) is 0 Å². The Kier molecular flexibility index (Phi) is 3.78. The van der Waals surface area contributed by atoms with Gasteiger partial charge < -0.3 is 14.8 Å². The third-order valence-corrected chi connectivity index (χ3v) is 3.34. The molecule has 1 aliphatic heterocycles. The highest BCUT2D eigenvalue weighted by molar-refractivity contribution is 5.98. The summed E-state index contributed by atoms with van der Waals surface area (Å²) in [6, 6.07) is 14.0. The Bertz CT molecular complexity index is 726. The van der Waals surface area contributed by atoms with Gasteiger partial charge in [0.25, 0.3) is 5.91 Å². The molecule has 2 aromatic rings. The first-order valence-electron chi connectivity index (χ1n) is 6.94. The predicted molar refractivity (Wildman–Crippen MR) is 81.4 cm³/mol. The van der Waals surface area contributed by atoms with Crippen molar-refractivity contribution in [2.75, 3.05) is 11.9 Å². The highest BCUT2D eigenvalue weighted by Gasteiger charge is 2.27. The average Bonchev–Trinajstić information content (AvgIpc) is 2.54. The molecule has 5 heteroatoms. The molecular weight excluding hydrogens is 282 g/mol. The van der Waals surface area contributed by atoms with Gasteiger partial charge in [0.15, 0.2) is 17.3 Å². The Labute approximate surface area is 127 Å². The molecule has 1 amide bonds. The zero-order valence-corrected chi connectivity index (χ0v) is 12.0. The number of Topliss-reactive ketones (excluding diaryl/α,β-unsaturated/α-hetero) is 1. The van der Waals surface area contributed by atoms with Gasteiger partial charge in [-0.05, 0) is 31.2 Å². The van der Waals surface area contributed by atoms with Gasteiger partial charge in [-0.2, -0.15) is 0 Å². The van der Waals surface area contributed by atoms with Crippen LogP contribution in [-0.4, -0.2) is 24.4 Å². The van der Waals surface area contributed by atoms with Crippen LogP contribution in [0.4, 0.5) is 5.69 Å². The highest BCUT2D eigenvalue weighted by Crippen LogP contribution is 2.31. The molecule has 5 nitrogen and oxygen atoms in total. The van der Waals surface area contributed by atoms with Crippen molar-refractivity contribution in [2.45, 2.75) is 13.0 Å². The minimum absolute atomic E-state index is 0.0534. The molecular formula is C17H15NO4. The van der Waals surface area contributed by atoms with E-state index in [4.69, 9.17) is 9.47 Å². The van der Waals surface area contributed by atoms with E-state index in [2.05, 4.69) is 5.32 Å². The summed E-state index contributed by atoms with van der Waals surface area (Å²) in [7, 11) is 0. The number of carbonyl (C=O) groups excluding carboxylic acids is 2. The van der Waals surface area contributed by atoms with Crippen LogP contribution in [0.2, 0.25) is 0 Å². The summed E-state index contributed by atoms with van der Waals surface area (Å²) in [4.78, 5) is 23.6. The molecule has 0 spiro atoms. The summed E-state index contributed by atoms with van der Waals surface area (Å²) in [5, 5.41) is 2.74. The molecule has 0 aliphatic carbocycles. The van der Waals surface area contributed by atoms with Crippen molar-refractivity contribution in [3.05, 3.63) is 54.1 Å². The van der Waals surface area contributed by atoms with Crippen molar-refractivity contribution in [1.82, 2.24) is 0 Å². The number of ketones is 1. The first-order chi connectivity index (χ1) is 10.6. The quantitative estimate of drug-likeness (QED) is 0.885. The van der Waals surface area contributed by atoms with Crippen LogP contribution < -0.4 is 14.8 Å². The van der Waals surface area contributed by atoms with Crippen LogP contribution >= 0.6 is 0 Å². The fraction of sp³-hybridized carbons (Fsp3) is 0.176. The normalized spacial score (nSPS) is 16.0. The zero-order chi connectivity index (χ0) is 15.5. The first kappa shape index (κ1) is 14.1. The molecule has 1 N–H and O–H groups in total. The summed E-state index contributed by atoms with van der Waals surface area (Å²) in [6.07, 6.45) is -0.726. The maximum Gasteiger partial charge on any atom is 0.269 e. The van der Waals surface area contributed by atoms with Gasteiger partial charge in [-0.1, -0.05) is 24.3 Å². The van der Waals surface area contributed by atoms with Gasteiger partial charge in [0.2, 0.25) is 6.10 Å². The van der Waals surface area contributed by atoms with E-state index in [-0.39, 0.29) is 18.3 Å². The number of fused-ring (bicyclic) bond motifs is 1. The molecule has 1 atom stereocenters. The molecule has 0 aromatic heterocycles. The topological polar surface area (TPSA) is 64.6 Å². The van der Waals surface area contributed by atoms with E-state index in [9.17, 15) is 9.59 Å². The number of para-hydroxylation sites is 2. The number of anilines is 1. The molecule has 0 bridgehead atoms. The minimum Gasteiger partial charge on any atom is -0.485 e. The lowest BCUT2D eigenvalue weighted by Gasteiger charge is -2.25. The molecule has 1 aliphatic rings. The largest absolute Gasteiger partial charge is 0.485 e. The van der Waals surface area contributed by atoms with Crippen LogP contribution in [0.25, 0.3) is 0 Å². The Morgan fingerprint density at radius 1 is 1.09 bits per heavy atom. The van der Waals surface area contributed by atoms with Crippen LogP contribution in [0.1, 0.15) is 17.3 Å². The van der Waals surface area contributed by atoms with Gasteiger partial charge >= 0.3 is 0 Å². The molecule has 0 unspecified atom stereocenters. The van der Waals surface area contributed by atoms with Gasteiger partial charge in [-0.25, -0.2) is 0 Å². The zero-order valence-electron chi connectivity index (χ0n) is 12.0. The van der Waals surface area contributed by atoms with Gasteiger partial charge in [0.1, 0.15) is 6.61 Å². The molecule has 0 saturated heterocycles. The number of carbonyl (C=O) groups is 2. The van der Waals surface area contributed by atoms with Crippen molar-refractivity contribution in [2.24, 2.45) is 0 Å². The van der Waals surface area contributed by atoms with Crippen LogP contribution in [0.5, 0.6) is 11.5 Å². The molecule has 3 rings (SSSR count). The lowest BCUT2D eigenvalue weighted by atomic mass is 10.1. The summed E-state index contributed by atoms with van der Waals surface area (Å²) >= 11 is 0. The lowest BCUT2D eigenvalue weighted by Crippen LogP contribution is -2.40. The van der Waals surface area contributed by atoms with Crippen LogP contribution in [0.3, 0.4) is 0 Å². The van der Waals surface area contributed by atoms with Crippen molar-refractivity contribution in [3.63, 3.8) is 0 Å². The van der Waals surface area contributed by atoms with Gasteiger partial charge in [0, 0.05) is 11.3 Å². The van der Waals surface area contributed by atoms with E-state index in [0.29, 0.717) is 22.7 Å². The second-order valence-corrected chi connectivity index (χ2v) is 4.99. The third-order valence-electron chi connectivity index (χ3n) is 3.34. The SMILES string of the molecule is CC(=O)c1cccc(NC(=O)[C@H]2COc3ccccc3O2)c1. The number of nitrogens with one attached hydrogen (secondary N) is 1. The molecule has 112 valence electrons. The summed E-state index contributed by atoms with van der Waals surface area (Å²) in [5.74, 6) is 0.814. The maximum atomic E-state index is 12.3. The predicted octanol–water partition coefficient (Wildman–Crippen LogP) is 2.67. The van der Waals surface area contributed by atoms with Crippen molar-refractivity contribution in [1.29, 1.82) is 0 Å². The Morgan fingerprint density at radius 3 is 2.64 bits per heavy atom. The molecule has 22 heavy (non-hydrogen) atoms. The van der Waals surface area contributed by atoms with Crippen molar-refractivity contribution in [3.8, 4) is 11.5 Å². The number of ether oxygens (including phenoxy) is 2. The van der Waals surface area contributed by atoms with E-state index < -0.39 is 6.10 Å². The number of benzene rings is 2. The van der Waals surface area contributed by atoms with Gasteiger partial charge in [0.05, 0.1) is 0 Å². The summed E-state index contributed by atoms with van der Waals surface area (Å²) in [5.41, 5.74) is 1.10. The van der Waals surface area contributed by atoms with E-state index in [1.165, 1.54) is 6.92 Å². The second-order valence-electron chi connectivity index (χ2n) is 4.99. The monoisotopic (exact) mass is 297 g/mol. The van der Waals surface area contributed by atoms with Gasteiger partial charge in [-0.3, -0.25) is 9.59 Å². The van der Waals surface area contributed by atoms with Gasteiger partial charge in [-0.15, -0.1) is 0 Å². The van der Waals surface area contributed by atoms with E-state index in [0.717, 1.165) is 0 Å². The van der Waals surface area contributed by atoms with Crippen molar-refractivity contribution >= 4 is 17.4 Å². The van der Waals surface area contributed by atoms with E-state index in [1.807, 2.05) is 12.1 Å². The second kappa shape index (κ2) is 5.89. The summed E-state index contributed by atoms with van der Waals surface area (Å²) in [6.45, 7) is 1.63.